The molecule has 0 spiro atoms. The van der Waals surface area contributed by atoms with Crippen LogP contribution in [0, 0.1) is 0 Å². The van der Waals surface area contributed by atoms with E-state index in [2.05, 4.69) is 39.2 Å². The van der Waals surface area contributed by atoms with Gasteiger partial charge in [0.2, 0.25) is 0 Å². The summed E-state index contributed by atoms with van der Waals surface area (Å²) in [6, 6.07) is 16.3. The van der Waals surface area contributed by atoms with Crippen LogP contribution >= 0.6 is 0 Å². The van der Waals surface area contributed by atoms with Gasteiger partial charge in [0.05, 0.1) is 0 Å². The van der Waals surface area contributed by atoms with Crippen LogP contribution in [0.5, 0.6) is 0 Å². The van der Waals surface area contributed by atoms with E-state index in [4.69, 9.17) is 0 Å². The smallest absolute Gasteiger partial charge is 0.0437 e. The van der Waals surface area contributed by atoms with Crippen LogP contribution in [-0.4, -0.2) is 15.0 Å². The summed E-state index contributed by atoms with van der Waals surface area (Å²) in [6.07, 6.45) is 10.4. The number of pyridine rings is 3. The van der Waals surface area contributed by atoms with Crippen LogP contribution in [0.4, 0.5) is 0 Å². The fourth-order valence-corrected chi connectivity index (χ4v) is 2.64. The number of aryl methyl sites for hydroxylation is 1. The molecule has 3 rings (SSSR count). The first kappa shape index (κ1) is 14.4. The maximum Gasteiger partial charge on any atom is 0.0437 e. The molecule has 0 aliphatic heterocycles. The van der Waals surface area contributed by atoms with E-state index < -0.39 is 0 Å². The van der Waals surface area contributed by atoms with Crippen molar-refractivity contribution in [2.75, 3.05) is 0 Å². The Morgan fingerprint density at radius 3 is 2.36 bits per heavy atom. The molecule has 0 aromatic carbocycles. The second kappa shape index (κ2) is 7.46. The minimum absolute atomic E-state index is 0.382. The fourth-order valence-electron chi connectivity index (χ4n) is 2.64. The Bertz CT molecular complexity index is 669. The number of nitrogens with zero attached hydrogens (tertiary/aromatic N) is 3. The summed E-state index contributed by atoms with van der Waals surface area (Å²) in [5, 5.41) is 0. The molecule has 110 valence electrons. The number of rotatable bonds is 6. The zero-order valence-corrected chi connectivity index (χ0v) is 12.5. The average Bonchev–Trinajstić information content (AvgIpc) is 2.61. The Balaban J connectivity index is 1.74. The van der Waals surface area contributed by atoms with Gasteiger partial charge in [0.15, 0.2) is 0 Å². The fraction of sp³-hybridized carbons (Fsp3) is 0.211. The maximum atomic E-state index is 4.55. The predicted octanol–water partition coefficient (Wildman–Crippen LogP) is 3.83. The lowest BCUT2D eigenvalue weighted by Crippen LogP contribution is -2.07. The molecule has 22 heavy (non-hydrogen) atoms. The van der Waals surface area contributed by atoms with Crippen molar-refractivity contribution in [1.29, 1.82) is 0 Å². The number of aromatic nitrogens is 3. The molecule has 0 amide bonds. The van der Waals surface area contributed by atoms with Crippen LogP contribution in [0.3, 0.4) is 0 Å². The topological polar surface area (TPSA) is 38.7 Å². The largest absolute Gasteiger partial charge is 0.264 e. The van der Waals surface area contributed by atoms with Gasteiger partial charge >= 0.3 is 0 Å². The molecule has 3 aromatic heterocycles. The van der Waals surface area contributed by atoms with Gasteiger partial charge in [-0.05, 0) is 55.2 Å². The van der Waals surface area contributed by atoms with Gasteiger partial charge in [0.25, 0.3) is 0 Å². The second-order valence-corrected chi connectivity index (χ2v) is 5.38. The van der Waals surface area contributed by atoms with E-state index in [9.17, 15) is 0 Å². The van der Waals surface area contributed by atoms with Gasteiger partial charge in [0, 0.05) is 42.1 Å². The summed E-state index contributed by atoms with van der Waals surface area (Å²) in [6.45, 7) is 0. The molecule has 1 atom stereocenters. The molecule has 3 heterocycles. The van der Waals surface area contributed by atoms with E-state index in [-0.39, 0.29) is 0 Å². The van der Waals surface area contributed by atoms with Crippen LogP contribution in [0.1, 0.15) is 29.3 Å². The normalized spacial score (nSPS) is 12.0. The molecular weight excluding hydrogens is 270 g/mol. The monoisotopic (exact) mass is 289 g/mol. The van der Waals surface area contributed by atoms with E-state index in [0.717, 1.165) is 30.7 Å². The standard InChI is InChI=1S/C19H19N3/c1-3-12-21-18(7-1)10-9-17(19-8-2-4-13-22-19)14-16-6-5-11-20-15-16/h1-8,11-13,15,17H,9-10,14H2/t17-/m1/s1. The second-order valence-electron chi connectivity index (χ2n) is 5.38. The van der Waals surface area contributed by atoms with Crippen LogP contribution < -0.4 is 0 Å². The Morgan fingerprint density at radius 1 is 0.818 bits per heavy atom. The molecule has 0 saturated carbocycles. The van der Waals surface area contributed by atoms with Crippen molar-refractivity contribution in [3.8, 4) is 0 Å². The maximum absolute atomic E-state index is 4.55. The first-order chi connectivity index (χ1) is 10.9. The Kier molecular flexibility index (Phi) is 4.88. The van der Waals surface area contributed by atoms with Gasteiger partial charge in [-0.25, -0.2) is 0 Å². The highest BCUT2D eigenvalue weighted by molar-refractivity contribution is 5.17. The molecule has 3 nitrogen and oxygen atoms in total. The van der Waals surface area contributed by atoms with Gasteiger partial charge in [-0.15, -0.1) is 0 Å². The molecule has 0 unspecified atom stereocenters. The van der Waals surface area contributed by atoms with Crippen molar-refractivity contribution in [1.82, 2.24) is 15.0 Å². The lowest BCUT2D eigenvalue weighted by Gasteiger charge is -2.16. The molecular formula is C19H19N3. The van der Waals surface area contributed by atoms with Crippen LogP contribution in [-0.2, 0) is 12.8 Å². The molecule has 3 aromatic rings. The third kappa shape index (κ3) is 3.98. The van der Waals surface area contributed by atoms with Gasteiger partial charge < -0.3 is 0 Å². The summed E-state index contributed by atoms with van der Waals surface area (Å²) < 4.78 is 0. The lowest BCUT2D eigenvalue weighted by atomic mass is 9.91. The molecule has 0 saturated heterocycles. The van der Waals surface area contributed by atoms with Crippen molar-refractivity contribution >= 4 is 0 Å². The van der Waals surface area contributed by atoms with Crippen molar-refractivity contribution in [3.05, 3.63) is 90.3 Å². The molecule has 0 aliphatic carbocycles. The first-order valence-electron chi connectivity index (χ1n) is 7.61. The number of hydrogen-bond acceptors (Lipinski definition) is 3. The van der Waals surface area contributed by atoms with Crippen molar-refractivity contribution in [3.63, 3.8) is 0 Å². The third-order valence-electron chi connectivity index (χ3n) is 3.79. The zero-order valence-electron chi connectivity index (χ0n) is 12.5. The minimum atomic E-state index is 0.382. The molecule has 0 radical (unpaired) electrons. The van der Waals surface area contributed by atoms with E-state index in [1.807, 2.05) is 49.1 Å². The van der Waals surface area contributed by atoms with Crippen molar-refractivity contribution < 1.29 is 0 Å². The van der Waals surface area contributed by atoms with Gasteiger partial charge in [-0.2, -0.15) is 0 Å². The summed E-state index contributed by atoms with van der Waals surface area (Å²) in [5.74, 6) is 0.382. The van der Waals surface area contributed by atoms with E-state index in [1.165, 1.54) is 5.56 Å². The predicted molar refractivity (Wildman–Crippen MR) is 87.5 cm³/mol. The Labute approximate surface area is 131 Å². The lowest BCUT2D eigenvalue weighted by molar-refractivity contribution is 0.599. The first-order valence-corrected chi connectivity index (χ1v) is 7.61. The van der Waals surface area contributed by atoms with Crippen LogP contribution in [0.25, 0.3) is 0 Å². The Hall–Kier alpha value is -2.55. The molecule has 3 heteroatoms. The summed E-state index contributed by atoms with van der Waals surface area (Å²) >= 11 is 0. The van der Waals surface area contributed by atoms with Crippen LogP contribution in [0.2, 0.25) is 0 Å². The molecule has 0 aliphatic rings. The van der Waals surface area contributed by atoms with Gasteiger partial charge in [0.1, 0.15) is 0 Å². The van der Waals surface area contributed by atoms with Gasteiger partial charge in [-0.3, -0.25) is 15.0 Å². The van der Waals surface area contributed by atoms with Crippen LogP contribution in [0.15, 0.2) is 73.3 Å². The summed E-state index contributed by atoms with van der Waals surface area (Å²) in [7, 11) is 0. The minimum Gasteiger partial charge on any atom is -0.264 e. The quantitative estimate of drug-likeness (QED) is 0.692. The summed E-state index contributed by atoms with van der Waals surface area (Å²) in [4.78, 5) is 13.2. The van der Waals surface area contributed by atoms with E-state index in [1.54, 1.807) is 0 Å². The third-order valence-corrected chi connectivity index (χ3v) is 3.79. The van der Waals surface area contributed by atoms with Crippen molar-refractivity contribution in [2.45, 2.75) is 25.2 Å². The van der Waals surface area contributed by atoms with Gasteiger partial charge in [-0.1, -0.05) is 18.2 Å². The highest BCUT2D eigenvalue weighted by Crippen LogP contribution is 2.24. The molecule has 0 N–H and O–H groups in total. The zero-order chi connectivity index (χ0) is 15.0. The average molecular weight is 289 g/mol. The SMILES string of the molecule is c1ccc(CC[C@H](Cc2cccnc2)c2ccccn2)nc1. The van der Waals surface area contributed by atoms with E-state index >= 15 is 0 Å². The highest BCUT2D eigenvalue weighted by Gasteiger charge is 2.14. The van der Waals surface area contributed by atoms with Crippen molar-refractivity contribution in [2.24, 2.45) is 0 Å². The molecule has 0 fully saturated rings. The highest BCUT2D eigenvalue weighted by atomic mass is 14.7. The number of hydrogen-bond donors (Lipinski definition) is 0. The molecule has 0 bridgehead atoms. The Morgan fingerprint density at radius 2 is 1.68 bits per heavy atom. The summed E-state index contributed by atoms with van der Waals surface area (Å²) in [5.41, 5.74) is 3.52. The van der Waals surface area contributed by atoms with E-state index in [0.29, 0.717) is 5.92 Å².